The van der Waals surface area contributed by atoms with Gasteiger partial charge in [0, 0.05) is 12.3 Å². The highest BCUT2D eigenvalue weighted by atomic mass is 19.4. The van der Waals surface area contributed by atoms with E-state index < -0.39 is 35.8 Å². The number of amides is 1. The molecule has 0 fully saturated rings. The van der Waals surface area contributed by atoms with E-state index in [9.17, 15) is 27.6 Å². The van der Waals surface area contributed by atoms with Gasteiger partial charge in [0.05, 0.1) is 11.6 Å². The zero-order valence-corrected chi connectivity index (χ0v) is 13.9. The Morgan fingerprint density at radius 1 is 1.12 bits per heavy atom. The molecular formula is C18H17F3N2O3. The lowest BCUT2D eigenvalue weighted by Gasteiger charge is -2.17. The fraction of sp³-hybridized carbons (Fsp3) is 0.278. The molecule has 8 heteroatoms. The number of nitrogens with zero attached hydrogens (tertiary/aromatic N) is 1. The zero-order chi connectivity index (χ0) is 19.3. The molecule has 2 aromatic rings. The molecule has 5 nitrogen and oxygen atoms in total. The van der Waals surface area contributed by atoms with Crippen LogP contribution in [0.3, 0.4) is 0 Å². The van der Waals surface area contributed by atoms with E-state index in [0.717, 1.165) is 11.6 Å². The van der Waals surface area contributed by atoms with Crippen molar-refractivity contribution in [3.8, 4) is 0 Å². The summed E-state index contributed by atoms with van der Waals surface area (Å²) in [6.45, 7) is 0.700. The van der Waals surface area contributed by atoms with Crippen molar-refractivity contribution in [2.75, 3.05) is 0 Å². The van der Waals surface area contributed by atoms with E-state index in [-0.39, 0.29) is 12.2 Å². The first-order chi connectivity index (χ1) is 12.2. The molecule has 0 bridgehead atoms. The summed E-state index contributed by atoms with van der Waals surface area (Å²) in [4.78, 5) is 35.6. The maximum absolute atomic E-state index is 12.7. The number of hydrogen-bond donors (Lipinski definition) is 1. The van der Waals surface area contributed by atoms with Crippen LogP contribution in [0.1, 0.15) is 18.1 Å². The molecule has 0 saturated heterocycles. The second kappa shape index (κ2) is 7.99. The SMILES string of the molecule is CC(=O)[C@H](Cc1ccccc1)NC(=O)Cn1cc(C(F)(F)F)ccc1=O. The fourth-order valence-corrected chi connectivity index (χ4v) is 2.36. The number of pyridine rings is 1. The van der Waals surface area contributed by atoms with Crippen molar-refractivity contribution in [2.45, 2.75) is 32.1 Å². The van der Waals surface area contributed by atoms with Gasteiger partial charge < -0.3 is 9.88 Å². The minimum Gasteiger partial charge on any atom is -0.344 e. The first kappa shape index (κ1) is 19.4. The molecule has 1 amide bonds. The van der Waals surface area contributed by atoms with Crippen LogP contribution in [0.15, 0.2) is 53.5 Å². The summed E-state index contributed by atoms with van der Waals surface area (Å²) in [6, 6.07) is 9.55. The van der Waals surface area contributed by atoms with Gasteiger partial charge in [0.2, 0.25) is 5.91 Å². The van der Waals surface area contributed by atoms with Crippen molar-refractivity contribution >= 4 is 11.7 Å². The van der Waals surface area contributed by atoms with Crippen LogP contribution in [0, 0.1) is 0 Å². The van der Waals surface area contributed by atoms with Gasteiger partial charge in [0.15, 0.2) is 5.78 Å². The number of ketones is 1. The molecule has 0 aliphatic heterocycles. The molecule has 0 saturated carbocycles. The summed E-state index contributed by atoms with van der Waals surface area (Å²) in [5, 5.41) is 2.47. The van der Waals surface area contributed by atoms with E-state index in [2.05, 4.69) is 5.32 Å². The molecular weight excluding hydrogens is 349 g/mol. The van der Waals surface area contributed by atoms with Gasteiger partial charge in [-0.05, 0) is 25.0 Å². The highest BCUT2D eigenvalue weighted by molar-refractivity contribution is 5.87. The second-order valence-electron chi connectivity index (χ2n) is 5.80. The molecule has 0 spiro atoms. The van der Waals surface area contributed by atoms with Crippen LogP contribution in [0.4, 0.5) is 13.2 Å². The number of aromatic nitrogens is 1. The van der Waals surface area contributed by atoms with Gasteiger partial charge in [-0.3, -0.25) is 14.4 Å². The van der Waals surface area contributed by atoms with Crippen molar-refractivity contribution in [1.82, 2.24) is 9.88 Å². The number of rotatable bonds is 6. The molecule has 0 aliphatic carbocycles. The number of hydrogen-bond acceptors (Lipinski definition) is 3. The van der Waals surface area contributed by atoms with Gasteiger partial charge in [-0.15, -0.1) is 0 Å². The van der Waals surface area contributed by atoms with Crippen LogP contribution in [-0.4, -0.2) is 22.3 Å². The molecule has 2 rings (SSSR count). The van der Waals surface area contributed by atoms with Crippen LogP contribution in [-0.2, 0) is 28.7 Å². The Labute approximate surface area is 147 Å². The Bertz CT molecular complexity index is 845. The second-order valence-corrected chi connectivity index (χ2v) is 5.80. The van der Waals surface area contributed by atoms with E-state index >= 15 is 0 Å². The molecule has 1 aromatic heterocycles. The zero-order valence-electron chi connectivity index (χ0n) is 13.9. The maximum Gasteiger partial charge on any atom is 0.417 e. The lowest BCUT2D eigenvalue weighted by Crippen LogP contribution is -2.43. The van der Waals surface area contributed by atoms with Crippen LogP contribution >= 0.6 is 0 Å². The van der Waals surface area contributed by atoms with Crippen LogP contribution in [0.2, 0.25) is 0 Å². The third-order valence-corrected chi connectivity index (χ3v) is 3.73. The van der Waals surface area contributed by atoms with Crippen molar-refractivity contribution in [1.29, 1.82) is 0 Å². The van der Waals surface area contributed by atoms with Crippen LogP contribution < -0.4 is 10.9 Å². The summed E-state index contributed by atoms with van der Waals surface area (Å²) >= 11 is 0. The van der Waals surface area contributed by atoms with Gasteiger partial charge in [-0.1, -0.05) is 30.3 Å². The quantitative estimate of drug-likeness (QED) is 0.852. The number of carbonyl (C=O) groups is 2. The molecule has 0 radical (unpaired) electrons. The van der Waals surface area contributed by atoms with E-state index in [0.29, 0.717) is 16.8 Å². The standard InChI is InChI=1S/C18H17F3N2O3/c1-12(24)15(9-13-5-3-2-4-6-13)22-16(25)11-23-10-14(18(19,20)21)7-8-17(23)26/h2-8,10,15H,9,11H2,1H3,(H,22,25)/t15-/m0/s1. The molecule has 138 valence electrons. The summed E-state index contributed by atoms with van der Waals surface area (Å²) in [6.07, 6.45) is -3.79. The number of benzene rings is 1. The van der Waals surface area contributed by atoms with Crippen LogP contribution in [0.25, 0.3) is 0 Å². The van der Waals surface area contributed by atoms with E-state index in [4.69, 9.17) is 0 Å². The molecule has 1 heterocycles. The molecule has 1 N–H and O–H groups in total. The summed E-state index contributed by atoms with van der Waals surface area (Å²) in [7, 11) is 0. The molecule has 1 atom stereocenters. The monoisotopic (exact) mass is 366 g/mol. The topological polar surface area (TPSA) is 68.2 Å². The minimum absolute atomic E-state index is 0.249. The summed E-state index contributed by atoms with van der Waals surface area (Å²) in [5.74, 6) is -1.01. The van der Waals surface area contributed by atoms with Gasteiger partial charge in [0.1, 0.15) is 6.54 Å². The van der Waals surface area contributed by atoms with Crippen molar-refractivity contribution in [2.24, 2.45) is 0 Å². The summed E-state index contributed by atoms with van der Waals surface area (Å²) in [5.41, 5.74) is -0.947. The van der Waals surface area contributed by atoms with Gasteiger partial charge in [-0.25, -0.2) is 0 Å². The van der Waals surface area contributed by atoms with E-state index in [1.165, 1.54) is 6.92 Å². The number of carbonyl (C=O) groups excluding carboxylic acids is 2. The summed E-state index contributed by atoms with van der Waals surface area (Å²) < 4.78 is 38.9. The van der Waals surface area contributed by atoms with E-state index in [1.54, 1.807) is 24.3 Å². The van der Waals surface area contributed by atoms with Gasteiger partial charge in [-0.2, -0.15) is 13.2 Å². The third-order valence-electron chi connectivity index (χ3n) is 3.73. The Hall–Kier alpha value is -2.90. The van der Waals surface area contributed by atoms with Gasteiger partial charge >= 0.3 is 6.18 Å². The molecule has 0 aliphatic rings. The predicted molar refractivity (Wildman–Crippen MR) is 88.5 cm³/mol. The van der Waals surface area contributed by atoms with E-state index in [1.807, 2.05) is 6.07 Å². The number of alkyl halides is 3. The Morgan fingerprint density at radius 2 is 1.77 bits per heavy atom. The first-order valence-electron chi connectivity index (χ1n) is 7.78. The molecule has 1 aromatic carbocycles. The van der Waals surface area contributed by atoms with Crippen LogP contribution in [0.5, 0.6) is 0 Å². The van der Waals surface area contributed by atoms with Crippen molar-refractivity contribution in [3.63, 3.8) is 0 Å². The Balaban J connectivity index is 2.11. The smallest absolute Gasteiger partial charge is 0.344 e. The highest BCUT2D eigenvalue weighted by Crippen LogP contribution is 2.27. The maximum atomic E-state index is 12.7. The molecule has 0 unspecified atom stereocenters. The minimum atomic E-state index is -4.62. The largest absolute Gasteiger partial charge is 0.417 e. The fourth-order valence-electron chi connectivity index (χ4n) is 2.36. The van der Waals surface area contributed by atoms with Gasteiger partial charge in [0.25, 0.3) is 5.56 Å². The lowest BCUT2D eigenvalue weighted by molar-refractivity contribution is -0.138. The average molecular weight is 366 g/mol. The molecule has 26 heavy (non-hydrogen) atoms. The van der Waals surface area contributed by atoms with Crippen molar-refractivity contribution < 1.29 is 22.8 Å². The lowest BCUT2D eigenvalue weighted by atomic mass is 10.0. The number of nitrogens with one attached hydrogen (secondary N) is 1. The normalized spacial score (nSPS) is 12.5. The highest BCUT2D eigenvalue weighted by Gasteiger charge is 2.31. The average Bonchev–Trinajstić information content (AvgIpc) is 2.56. The number of Topliss-reactive ketones (excluding diaryl/α,β-unsaturated/α-hetero) is 1. The van der Waals surface area contributed by atoms with Crippen molar-refractivity contribution in [3.05, 3.63) is 70.1 Å². The predicted octanol–water partition coefficient (Wildman–Crippen LogP) is 2.18. The Morgan fingerprint density at radius 3 is 2.35 bits per heavy atom. The third kappa shape index (κ3) is 5.30. The number of halogens is 3. The Kier molecular flexibility index (Phi) is 5.97. The first-order valence-corrected chi connectivity index (χ1v) is 7.78.